The number of carbonyl (C=O) groups excluding carboxylic acids is 2. The van der Waals surface area contributed by atoms with Gasteiger partial charge in [-0.2, -0.15) is 0 Å². The van der Waals surface area contributed by atoms with Gasteiger partial charge in [-0.3, -0.25) is 9.59 Å². The van der Waals surface area contributed by atoms with Gasteiger partial charge in [0.15, 0.2) is 0 Å². The predicted molar refractivity (Wildman–Crippen MR) is 106 cm³/mol. The second-order valence-electron chi connectivity index (χ2n) is 5.83. The summed E-state index contributed by atoms with van der Waals surface area (Å²) in [6.07, 6.45) is -1.77. The van der Waals surface area contributed by atoms with E-state index in [0.29, 0.717) is 16.9 Å². The number of hydrogen-bond acceptors (Lipinski definition) is 4. The molecule has 3 rings (SSSR count). The molecule has 5 nitrogen and oxygen atoms in total. The lowest BCUT2D eigenvalue weighted by atomic mass is 10.1. The Morgan fingerprint density at radius 3 is 2.48 bits per heavy atom. The molecule has 1 atom stereocenters. The Balaban J connectivity index is 1.77. The smallest absolute Gasteiger partial charge is 0.258 e. The van der Waals surface area contributed by atoms with Gasteiger partial charge in [-0.15, -0.1) is 11.3 Å². The van der Waals surface area contributed by atoms with Crippen LogP contribution in [0.15, 0.2) is 60.0 Å². The Labute approximate surface area is 160 Å². The van der Waals surface area contributed by atoms with Crippen molar-refractivity contribution >= 4 is 34.5 Å². The number of anilines is 2. The third-order valence-electron chi connectivity index (χ3n) is 4.05. The number of likely N-dealkylation sites (N-methyl/N-ethyl adjacent to an activating group) is 1. The van der Waals surface area contributed by atoms with Crippen molar-refractivity contribution in [3.63, 3.8) is 0 Å². The van der Waals surface area contributed by atoms with Gasteiger partial charge in [-0.1, -0.05) is 24.3 Å². The fourth-order valence-electron chi connectivity index (χ4n) is 2.54. The molecule has 0 bridgehead atoms. The van der Waals surface area contributed by atoms with Crippen LogP contribution < -0.4 is 16.4 Å². The van der Waals surface area contributed by atoms with Gasteiger partial charge >= 0.3 is 0 Å². The van der Waals surface area contributed by atoms with Crippen LogP contribution in [-0.2, 0) is 4.79 Å². The summed E-state index contributed by atoms with van der Waals surface area (Å²) in [7, 11) is 1.37. The van der Waals surface area contributed by atoms with Gasteiger partial charge in [0.2, 0.25) is 6.17 Å². The number of benzene rings is 2. The molecule has 138 valence electrons. The molecule has 0 aliphatic carbocycles. The van der Waals surface area contributed by atoms with Crippen molar-refractivity contribution in [2.75, 3.05) is 18.1 Å². The molecule has 0 saturated carbocycles. The van der Waals surface area contributed by atoms with E-state index in [1.54, 1.807) is 17.4 Å². The number of hydrogen-bond donors (Lipinski definition) is 3. The van der Waals surface area contributed by atoms with Gasteiger partial charge in [0, 0.05) is 17.5 Å². The van der Waals surface area contributed by atoms with E-state index in [1.165, 1.54) is 31.3 Å². The van der Waals surface area contributed by atoms with Gasteiger partial charge in [0.1, 0.15) is 0 Å². The third kappa shape index (κ3) is 4.15. The molecule has 27 heavy (non-hydrogen) atoms. The minimum atomic E-state index is -1.77. The van der Waals surface area contributed by atoms with E-state index in [-0.39, 0.29) is 11.5 Å². The molecule has 0 spiro atoms. The first-order valence-corrected chi connectivity index (χ1v) is 9.08. The van der Waals surface area contributed by atoms with Crippen LogP contribution in [0.4, 0.5) is 15.8 Å². The van der Waals surface area contributed by atoms with Crippen molar-refractivity contribution in [2.24, 2.45) is 0 Å². The van der Waals surface area contributed by atoms with Crippen LogP contribution in [0.3, 0.4) is 0 Å². The van der Waals surface area contributed by atoms with Crippen LogP contribution in [0.25, 0.3) is 10.4 Å². The van der Waals surface area contributed by atoms with Gasteiger partial charge in [0.25, 0.3) is 11.8 Å². The highest BCUT2D eigenvalue weighted by Gasteiger charge is 2.18. The number of carbonyl (C=O) groups is 2. The molecular weight excluding hydrogens is 365 g/mol. The van der Waals surface area contributed by atoms with Crippen molar-refractivity contribution in [1.82, 2.24) is 5.32 Å². The first-order valence-electron chi connectivity index (χ1n) is 8.20. The molecule has 1 aromatic heterocycles. The molecule has 2 aromatic carbocycles. The maximum absolute atomic E-state index is 13.9. The van der Waals surface area contributed by atoms with E-state index in [9.17, 15) is 14.0 Å². The number of thiophene rings is 1. The first kappa shape index (κ1) is 18.6. The Morgan fingerprint density at radius 2 is 1.85 bits per heavy atom. The Hall–Kier alpha value is -3.19. The number of rotatable bonds is 5. The highest BCUT2D eigenvalue weighted by Crippen LogP contribution is 2.30. The normalized spacial score (nSPS) is 11.6. The topological polar surface area (TPSA) is 84.2 Å². The second-order valence-corrected chi connectivity index (χ2v) is 6.78. The Bertz CT molecular complexity index is 956. The van der Waals surface area contributed by atoms with Gasteiger partial charge in [0.05, 0.1) is 11.4 Å². The van der Waals surface area contributed by atoms with E-state index in [1.807, 2.05) is 29.6 Å². The monoisotopic (exact) mass is 383 g/mol. The van der Waals surface area contributed by atoms with Crippen LogP contribution in [0.1, 0.15) is 22.1 Å². The molecule has 0 fully saturated rings. The van der Waals surface area contributed by atoms with Gasteiger partial charge in [-0.25, -0.2) is 4.39 Å². The lowest BCUT2D eigenvalue weighted by molar-refractivity contribution is -0.125. The highest BCUT2D eigenvalue weighted by atomic mass is 32.1. The number of alkyl halides is 1. The second kappa shape index (κ2) is 8.01. The van der Waals surface area contributed by atoms with Gasteiger partial charge < -0.3 is 16.4 Å². The molecule has 0 saturated heterocycles. The van der Waals surface area contributed by atoms with E-state index >= 15 is 0 Å². The molecule has 0 radical (unpaired) electrons. The standard InChI is InChI=1S/C20H18FN3O2S/c1-23-20(26)18(21)12-4-6-13(7-5-12)19(25)24-16-11-14(8-9-15(16)22)17-3-2-10-27-17/h2-11,18H,22H2,1H3,(H,23,26)(H,24,25)/t18-/m0/s1. The third-order valence-corrected chi connectivity index (χ3v) is 4.97. The average molecular weight is 383 g/mol. The maximum atomic E-state index is 13.9. The van der Waals surface area contributed by atoms with Crippen LogP contribution in [-0.4, -0.2) is 18.9 Å². The van der Waals surface area contributed by atoms with Crippen LogP contribution >= 0.6 is 11.3 Å². The molecule has 1 heterocycles. The zero-order chi connectivity index (χ0) is 19.4. The molecular formula is C20H18FN3O2S. The minimum absolute atomic E-state index is 0.185. The van der Waals surface area contributed by atoms with E-state index in [0.717, 1.165) is 10.4 Å². The molecule has 4 N–H and O–H groups in total. The predicted octanol–water partition coefficient (Wildman–Crippen LogP) is 4.01. The summed E-state index contributed by atoms with van der Waals surface area (Å²) < 4.78 is 13.9. The SMILES string of the molecule is CNC(=O)[C@@H](F)c1ccc(C(=O)Nc2cc(-c3cccs3)ccc2N)cc1. The zero-order valence-corrected chi connectivity index (χ0v) is 15.3. The summed E-state index contributed by atoms with van der Waals surface area (Å²) in [5.74, 6) is -1.10. The van der Waals surface area contributed by atoms with E-state index in [4.69, 9.17) is 5.73 Å². The van der Waals surface area contributed by atoms with Crippen LogP contribution in [0, 0.1) is 0 Å². The van der Waals surface area contributed by atoms with Crippen molar-refractivity contribution in [3.8, 4) is 10.4 Å². The molecule has 2 amide bonds. The number of nitrogen functional groups attached to an aromatic ring is 1. The minimum Gasteiger partial charge on any atom is -0.397 e. The molecule has 3 aromatic rings. The number of halogens is 1. The van der Waals surface area contributed by atoms with Gasteiger partial charge in [-0.05, 0) is 46.8 Å². The average Bonchev–Trinajstić information content (AvgIpc) is 3.23. The molecule has 7 heteroatoms. The fraction of sp³-hybridized carbons (Fsp3) is 0.100. The summed E-state index contributed by atoms with van der Waals surface area (Å²) in [6, 6.07) is 15.2. The summed E-state index contributed by atoms with van der Waals surface area (Å²) >= 11 is 1.59. The van der Waals surface area contributed by atoms with Crippen molar-refractivity contribution in [1.29, 1.82) is 0 Å². The summed E-state index contributed by atoms with van der Waals surface area (Å²) in [4.78, 5) is 24.9. The fourth-order valence-corrected chi connectivity index (χ4v) is 3.26. The van der Waals surface area contributed by atoms with Crippen molar-refractivity contribution in [2.45, 2.75) is 6.17 Å². The molecule has 0 aliphatic heterocycles. The first-order chi connectivity index (χ1) is 13.0. The summed E-state index contributed by atoms with van der Waals surface area (Å²) in [6.45, 7) is 0. The Morgan fingerprint density at radius 1 is 1.11 bits per heavy atom. The number of nitrogens with one attached hydrogen (secondary N) is 2. The zero-order valence-electron chi connectivity index (χ0n) is 14.5. The quantitative estimate of drug-likeness (QED) is 0.582. The van der Waals surface area contributed by atoms with E-state index < -0.39 is 12.1 Å². The number of nitrogens with two attached hydrogens (primary N) is 1. The van der Waals surface area contributed by atoms with Crippen molar-refractivity contribution < 1.29 is 14.0 Å². The lowest BCUT2D eigenvalue weighted by Gasteiger charge is -2.11. The largest absolute Gasteiger partial charge is 0.397 e. The van der Waals surface area contributed by atoms with Crippen LogP contribution in [0.5, 0.6) is 0 Å². The molecule has 0 unspecified atom stereocenters. The van der Waals surface area contributed by atoms with Crippen LogP contribution in [0.2, 0.25) is 0 Å². The Kier molecular flexibility index (Phi) is 5.52. The highest BCUT2D eigenvalue weighted by molar-refractivity contribution is 7.13. The maximum Gasteiger partial charge on any atom is 0.258 e. The summed E-state index contributed by atoms with van der Waals surface area (Å²) in [5.41, 5.74) is 8.40. The molecule has 0 aliphatic rings. The van der Waals surface area contributed by atoms with Crippen molar-refractivity contribution in [3.05, 3.63) is 71.1 Å². The lowest BCUT2D eigenvalue weighted by Crippen LogP contribution is -2.23. The number of amides is 2. The van der Waals surface area contributed by atoms with E-state index in [2.05, 4.69) is 10.6 Å². The summed E-state index contributed by atoms with van der Waals surface area (Å²) in [5, 5.41) is 7.00.